The molecule has 2 aromatic rings. The molecular weight excluding hydrogens is 345 g/mol. The van der Waals surface area contributed by atoms with Crippen LogP contribution in [0.15, 0.2) is 22.7 Å². The number of amides is 1. The highest BCUT2D eigenvalue weighted by Gasteiger charge is 2.32. The lowest BCUT2D eigenvalue weighted by Crippen LogP contribution is -2.18. The molecule has 0 saturated heterocycles. The standard InChI is InChI=1S/C16H14ClF3N2O2/c1-8-2-5-13-10(6-8)14(22-24-13)15(23)21-12-7-9(16(18,19)20)3-4-11(12)17/h3-4,7-8H,2,5-6H2,1H3,(H,21,23)/t8-/m1/s1. The fourth-order valence-electron chi connectivity index (χ4n) is 2.74. The van der Waals surface area contributed by atoms with Crippen LogP contribution in [0.2, 0.25) is 5.02 Å². The molecule has 1 atom stereocenters. The third-order valence-electron chi connectivity index (χ3n) is 4.04. The van der Waals surface area contributed by atoms with Crippen molar-refractivity contribution < 1.29 is 22.5 Å². The first-order valence-electron chi connectivity index (χ1n) is 7.41. The quantitative estimate of drug-likeness (QED) is 0.844. The van der Waals surface area contributed by atoms with E-state index < -0.39 is 17.6 Å². The van der Waals surface area contributed by atoms with Gasteiger partial charge in [-0.15, -0.1) is 0 Å². The number of hydrogen-bond donors (Lipinski definition) is 1. The molecule has 4 nitrogen and oxygen atoms in total. The molecule has 0 fully saturated rings. The third kappa shape index (κ3) is 3.26. The van der Waals surface area contributed by atoms with Gasteiger partial charge in [0.05, 0.1) is 16.3 Å². The van der Waals surface area contributed by atoms with Crippen LogP contribution < -0.4 is 5.32 Å². The molecule has 1 aromatic carbocycles. The molecule has 128 valence electrons. The number of carbonyl (C=O) groups is 1. The molecular formula is C16H14ClF3N2O2. The summed E-state index contributed by atoms with van der Waals surface area (Å²) in [4.78, 5) is 12.4. The zero-order valence-corrected chi connectivity index (χ0v) is 13.5. The monoisotopic (exact) mass is 358 g/mol. The van der Waals surface area contributed by atoms with E-state index in [0.717, 1.165) is 24.6 Å². The van der Waals surface area contributed by atoms with Crippen molar-refractivity contribution in [2.24, 2.45) is 5.92 Å². The minimum absolute atomic E-state index is 0.0158. The predicted octanol–water partition coefficient (Wildman–Crippen LogP) is 4.72. The van der Waals surface area contributed by atoms with Crippen LogP contribution in [-0.2, 0) is 19.0 Å². The van der Waals surface area contributed by atoms with E-state index in [2.05, 4.69) is 17.4 Å². The van der Waals surface area contributed by atoms with Crippen molar-refractivity contribution in [1.29, 1.82) is 0 Å². The molecule has 1 aliphatic carbocycles. The summed E-state index contributed by atoms with van der Waals surface area (Å²) in [5.74, 6) is 0.421. The smallest absolute Gasteiger partial charge is 0.360 e. The van der Waals surface area contributed by atoms with Crippen LogP contribution in [0.25, 0.3) is 0 Å². The highest BCUT2D eigenvalue weighted by Crippen LogP contribution is 2.34. The number of nitrogens with zero attached hydrogens (tertiary/aromatic N) is 1. The van der Waals surface area contributed by atoms with Gasteiger partial charge >= 0.3 is 6.18 Å². The first-order valence-corrected chi connectivity index (χ1v) is 7.79. The third-order valence-corrected chi connectivity index (χ3v) is 4.37. The van der Waals surface area contributed by atoms with Crippen molar-refractivity contribution in [2.75, 3.05) is 5.32 Å². The largest absolute Gasteiger partial charge is 0.416 e. The lowest BCUT2D eigenvalue weighted by Gasteiger charge is -2.16. The average molecular weight is 359 g/mol. The number of nitrogens with one attached hydrogen (secondary N) is 1. The second kappa shape index (κ2) is 6.12. The van der Waals surface area contributed by atoms with Gasteiger partial charge in [0.2, 0.25) is 0 Å². The molecule has 1 amide bonds. The van der Waals surface area contributed by atoms with Crippen molar-refractivity contribution in [3.63, 3.8) is 0 Å². The van der Waals surface area contributed by atoms with Crippen LogP contribution in [0.4, 0.5) is 18.9 Å². The first-order chi connectivity index (χ1) is 11.3. The summed E-state index contributed by atoms with van der Waals surface area (Å²) in [6, 6.07) is 2.76. The van der Waals surface area contributed by atoms with E-state index >= 15 is 0 Å². The molecule has 24 heavy (non-hydrogen) atoms. The maximum atomic E-state index is 12.8. The molecule has 0 spiro atoms. The van der Waals surface area contributed by atoms with Gasteiger partial charge in [-0.2, -0.15) is 13.2 Å². The van der Waals surface area contributed by atoms with Crippen LogP contribution in [0.3, 0.4) is 0 Å². The minimum atomic E-state index is -4.52. The van der Waals surface area contributed by atoms with Crippen molar-refractivity contribution in [1.82, 2.24) is 5.16 Å². The van der Waals surface area contributed by atoms with Crippen LogP contribution in [0, 0.1) is 5.92 Å². The van der Waals surface area contributed by atoms with Crippen LogP contribution in [-0.4, -0.2) is 11.1 Å². The fraction of sp³-hybridized carbons (Fsp3) is 0.375. The van der Waals surface area contributed by atoms with E-state index in [-0.39, 0.29) is 16.4 Å². The summed E-state index contributed by atoms with van der Waals surface area (Å²) in [7, 11) is 0. The van der Waals surface area contributed by atoms with Gasteiger partial charge in [-0.1, -0.05) is 23.7 Å². The van der Waals surface area contributed by atoms with Gasteiger partial charge in [0.15, 0.2) is 5.69 Å². The van der Waals surface area contributed by atoms with E-state index in [1.54, 1.807) is 0 Å². The Balaban J connectivity index is 1.87. The van der Waals surface area contributed by atoms with Gasteiger partial charge in [-0.25, -0.2) is 0 Å². The SMILES string of the molecule is C[C@@H]1CCc2onc(C(=O)Nc3cc(C(F)(F)F)ccc3Cl)c2C1. The summed E-state index contributed by atoms with van der Waals surface area (Å²) in [5, 5.41) is 6.19. The van der Waals surface area contributed by atoms with Gasteiger partial charge in [0, 0.05) is 12.0 Å². The van der Waals surface area contributed by atoms with Gasteiger partial charge in [0.25, 0.3) is 5.91 Å². The Morgan fingerprint density at radius 1 is 1.42 bits per heavy atom. The van der Waals surface area contributed by atoms with Gasteiger partial charge < -0.3 is 9.84 Å². The number of aromatic nitrogens is 1. The Morgan fingerprint density at radius 3 is 2.88 bits per heavy atom. The number of alkyl halides is 3. The molecule has 1 aliphatic rings. The molecule has 8 heteroatoms. The second-order valence-electron chi connectivity index (χ2n) is 5.93. The predicted molar refractivity (Wildman–Crippen MR) is 82.1 cm³/mol. The Bertz CT molecular complexity index is 786. The fourth-order valence-corrected chi connectivity index (χ4v) is 2.90. The van der Waals surface area contributed by atoms with Gasteiger partial charge in [-0.05, 0) is 37.0 Å². The van der Waals surface area contributed by atoms with Crippen molar-refractivity contribution in [3.05, 3.63) is 45.8 Å². The zero-order valence-electron chi connectivity index (χ0n) is 12.7. The van der Waals surface area contributed by atoms with Crippen molar-refractivity contribution in [2.45, 2.75) is 32.4 Å². The highest BCUT2D eigenvalue weighted by molar-refractivity contribution is 6.34. The lowest BCUT2D eigenvalue weighted by molar-refractivity contribution is -0.137. The first kappa shape index (κ1) is 16.8. The Hall–Kier alpha value is -2.02. The van der Waals surface area contributed by atoms with Crippen LogP contribution >= 0.6 is 11.6 Å². The Kier molecular flexibility index (Phi) is 4.29. The summed E-state index contributed by atoms with van der Waals surface area (Å²) >= 11 is 5.89. The molecule has 1 N–H and O–H groups in total. The minimum Gasteiger partial charge on any atom is -0.360 e. The summed E-state index contributed by atoms with van der Waals surface area (Å²) in [6.45, 7) is 2.06. The normalized spacial score (nSPS) is 17.5. The maximum Gasteiger partial charge on any atom is 0.416 e. The van der Waals surface area contributed by atoms with E-state index in [9.17, 15) is 18.0 Å². The number of rotatable bonds is 2. The highest BCUT2D eigenvalue weighted by atomic mass is 35.5. The van der Waals surface area contributed by atoms with Crippen molar-refractivity contribution >= 4 is 23.2 Å². The second-order valence-corrected chi connectivity index (χ2v) is 6.33. The van der Waals surface area contributed by atoms with E-state index in [1.165, 1.54) is 0 Å². The number of aryl methyl sites for hydroxylation is 1. The molecule has 0 bridgehead atoms. The summed E-state index contributed by atoms with van der Waals surface area (Å²) in [6.07, 6.45) is -2.23. The summed E-state index contributed by atoms with van der Waals surface area (Å²) in [5.41, 5.74) is -0.186. The van der Waals surface area contributed by atoms with Crippen LogP contribution in [0.5, 0.6) is 0 Å². The molecule has 3 rings (SSSR count). The maximum absolute atomic E-state index is 12.8. The number of carbonyl (C=O) groups excluding carboxylic acids is 1. The van der Waals surface area contributed by atoms with Gasteiger partial charge in [0.1, 0.15) is 5.76 Å². The molecule has 1 heterocycles. The number of halogens is 4. The van der Waals surface area contributed by atoms with E-state index in [1.807, 2.05) is 0 Å². The number of anilines is 1. The Morgan fingerprint density at radius 2 is 2.17 bits per heavy atom. The molecule has 1 aromatic heterocycles. The molecule has 0 saturated carbocycles. The topological polar surface area (TPSA) is 55.1 Å². The molecule has 0 radical (unpaired) electrons. The summed E-state index contributed by atoms with van der Waals surface area (Å²) < 4.78 is 43.6. The van der Waals surface area contributed by atoms with E-state index in [4.69, 9.17) is 16.1 Å². The number of hydrogen-bond acceptors (Lipinski definition) is 3. The molecule has 0 aliphatic heterocycles. The van der Waals surface area contributed by atoms with Crippen molar-refractivity contribution in [3.8, 4) is 0 Å². The number of benzene rings is 1. The average Bonchev–Trinajstić information content (AvgIpc) is 2.91. The van der Waals surface area contributed by atoms with Crippen LogP contribution in [0.1, 0.15) is 40.7 Å². The lowest BCUT2D eigenvalue weighted by atomic mass is 9.88. The molecule has 0 unspecified atom stereocenters. The Labute approximate surface area is 141 Å². The zero-order chi connectivity index (χ0) is 17.5. The van der Waals surface area contributed by atoms with Gasteiger partial charge in [-0.3, -0.25) is 4.79 Å². The van der Waals surface area contributed by atoms with E-state index in [0.29, 0.717) is 30.1 Å². The number of fused-ring (bicyclic) bond motifs is 1.